The number of para-hydroxylation sites is 3. The molecule has 0 fully saturated rings. The van der Waals surface area contributed by atoms with E-state index in [1.807, 2.05) is 0 Å². The molecule has 0 saturated heterocycles. The molecule has 11 heteroatoms. The number of nitrogens with one attached hydrogen (secondary N) is 2. The van der Waals surface area contributed by atoms with E-state index in [1.165, 1.54) is 34.1 Å². The Morgan fingerprint density at radius 2 is 1.61 bits per heavy atom. The highest BCUT2D eigenvalue weighted by Gasteiger charge is 2.40. The number of nitrogens with zero attached hydrogens (tertiary/aromatic N) is 2. The van der Waals surface area contributed by atoms with Crippen LogP contribution in [-0.4, -0.2) is 53.8 Å². The first-order valence-corrected chi connectivity index (χ1v) is 12.9. The van der Waals surface area contributed by atoms with Crippen LogP contribution in [0.5, 0.6) is 0 Å². The molecule has 1 atom stereocenters. The van der Waals surface area contributed by atoms with Gasteiger partial charge in [-0.15, -0.1) is 0 Å². The zero-order valence-electron chi connectivity index (χ0n) is 22.9. The smallest absolute Gasteiger partial charge is 0.335 e. The molecule has 41 heavy (non-hydrogen) atoms. The minimum Gasteiger partial charge on any atom is -0.478 e. The van der Waals surface area contributed by atoms with E-state index in [9.17, 15) is 29.1 Å². The van der Waals surface area contributed by atoms with Gasteiger partial charge in [0, 0.05) is 22.4 Å². The van der Waals surface area contributed by atoms with Crippen molar-refractivity contribution in [3.63, 3.8) is 0 Å². The van der Waals surface area contributed by atoms with E-state index in [4.69, 9.17) is 5.73 Å². The van der Waals surface area contributed by atoms with Crippen LogP contribution < -0.4 is 26.2 Å². The number of anilines is 4. The van der Waals surface area contributed by atoms with Crippen LogP contribution in [0.15, 0.2) is 72.8 Å². The van der Waals surface area contributed by atoms with Gasteiger partial charge in [0.15, 0.2) is 5.78 Å². The molecular formula is C30H31N5O6. The first-order valence-electron chi connectivity index (χ1n) is 12.9. The van der Waals surface area contributed by atoms with E-state index in [-0.39, 0.29) is 41.5 Å². The number of carboxylic acid groups (broad SMARTS) is 1. The Labute approximate surface area is 236 Å². The molecule has 1 heterocycles. The van der Waals surface area contributed by atoms with Crippen LogP contribution >= 0.6 is 0 Å². The maximum atomic E-state index is 14.0. The molecule has 11 nitrogen and oxygen atoms in total. The molecule has 4 amide bonds. The van der Waals surface area contributed by atoms with Gasteiger partial charge in [0.1, 0.15) is 6.04 Å². The van der Waals surface area contributed by atoms with Gasteiger partial charge in [-0.2, -0.15) is 0 Å². The molecule has 0 saturated carbocycles. The van der Waals surface area contributed by atoms with E-state index in [0.29, 0.717) is 11.4 Å². The van der Waals surface area contributed by atoms with Crippen LogP contribution in [0.4, 0.5) is 27.5 Å². The molecule has 0 aromatic heterocycles. The quantitative estimate of drug-likeness (QED) is 0.265. The van der Waals surface area contributed by atoms with Gasteiger partial charge in [0.2, 0.25) is 5.91 Å². The number of ketones is 1. The van der Waals surface area contributed by atoms with E-state index in [1.54, 1.807) is 69.3 Å². The van der Waals surface area contributed by atoms with Gasteiger partial charge in [0.25, 0.3) is 5.91 Å². The average molecular weight is 558 g/mol. The van der Waals surface area contributed by atoms with Crippen molar-refractivity contribution in [3.8, 4) is 0 Å². The number of carboxylic acids is 1. The number of benzene rings is 3. The van der Waals surface area contributed by atoms with Crippen molar-refractivity contribution in [1.29, 1.82) is 0 Å². The summed E-state index contributed by atoms with van der Waals surface area (Å²) in [6, 6.07) is 16.8. The topological polar surface area (TPSA) is 162 Å². The van der Waals surface area contributed by atoms with Gasteiger partial charge in [-0.05, 0) is 42.5 Å². The lowest BCUT2D eigenvalue weighted by molar-refractivity contribution is -0.126. The summed E-state index contributed by atoms with van der Waals surface area (Å²) in [7, 11) is 0. The lowest BCUT2D eigenvalue weighted by atomic mass is 9.94. The van der Waals surface area contributed by atoms with Crippen LogP contribution in [0.25, 0.3) is 0 Å². The van der Waals surface area contributed by atoms with E-state index >= 15 is 0 Å². The molecule has 0 spiro atoms. The molecule has 1 aliphatic heterocycles. The van der Waals surface area contributed by atoms with Crippen LogP contribution in [0.3, 0.4) is 0 Å². The first-order chi connectivity index (χ1) is 19.4. The van der Waals surface area contributed by atoms with Crippen LogP contribution in [0, 0.1) is 5.41 Å². The number of Topliss-reactive ketones (excluding diaryl/α,β-unsaturated/α-hetero) is 1. The van der Waals surface area contributed by atoms with Crippen molar-refractivity contribution < 1.29 is 29.1 Å². The molecule has 0 bridgehead atoms. The maximum Gasteiger partial charge on any atom is 0.335 e. The Hall–Kier alpha value is -5.19. The van der Waals surface area contributed by atoms with Crippen molar-refractivity contribution in [1.82, 2.24) is 5.32 Å². The summed E-state index contributed by atoms with van der Waals surface area (Å²) >= 11 is 0. The minimum atomic E-state index is -1.25. The fraction of sp³-hybridized carbons (Fsp3) is 0.233. The Kier molecular flexibility index (Phi) is 8.08. The lowest BCUT2D eigenvalue weighted by Crippen LogP contribution is -2.55. The zero-order chi connectivity index (χ0) is 29.9. The second-order valence-electron chi connectivity index (χ2n) is 10.6. The number of rotatable bonds is 6. The molecule has 1 aliphatic rings. The van der Waals surface area contributed by atoms with Gasteiger partial charge in [-0.1, -0.05) is 51.1 Å². The first kappa shape index (κ1) is 28.8. The molecule has 0 radical (unpaired) electrons. The number of nitrogens with two attached hydrogens (primary N) is 1. The number of hydrogen-bond donors (Lipinski definition) is 4. The number of carbonyl (C=O) groups excluding carboxylic acids is 4. The van der Waals surface area contributed by atoms with Crippen molar-refractivity contribution in [3.05, 3.63) is 83.9 Å². The molecule has 0 aliphatic carbocycles. The third kappa shape index (κ3) is 6.35. The predicted molar refractivity (Wildman–Crippen MR) is 155 cm³/mol. The number of nitrogen functional groups attached to an aromatic ring is 1. The standard InChI is InChI=1S/C30H31N5O6/c1-30(2,3)28(40)35-16-22(33-29(41)32-19-10-8-9-18(15-19)27(38)39)26(37)34(23-13-6-7-14-24(23)35)17-25(36)20-11-4-5-12-21(20)31/h4-15,22H,16-17,31H2,1-3H3,(H,38,39)(H2,32,33,41). The van der Waals surface area contributed by atoms with Crippen molar-refractivity contribution in [2.75, 3.05) is 33.9 Å². The summed E-state index contributed by atoms with van der Waals surface area (Å²) < 4.78 is 0. The number of fused-ring (bicyclic) bond motifs is 1. The van der Waals surface area contributed by atoms with E-state index in [2.05, 4.69) is 10.6 Å². The van der Waals surface area contributed by atoms with Crippen molar-refractivity contribution in [2.24, 2.45) is 5.41 Å². The predicted octanol–water partition coefficient (Wildman–Crippen LogP) is 3.77. The summed E-state index contributed by atoms with van der Waals surface area (Å²) in [6.45, 7) is 4.65. The molecule has 3 aromatic rings. The Balaban J connectivity index is 1.71. The Morgan fingerprint density at radius 1 is 0.951 bits per heavy atom. The van der Waals surface area contributed by atoms with Gasteiger partial charge < -0.3 is 31.3 Å². The minimum absolute atomic E-state index is 0.0318. The van der Waals surface area contributed by atoms with Crippen LogP contribution in [-0.2, 0) is 9.59 Å². The van der Waals surface area contributed by atoms with Gasteiger partial charge in [-0.3, -0.25) is 14.4 Å². The molecule has 3 aromatic carbocycles. The third-order valence-electron chi connectivity index (χ3n) is 6.51. The molecule has 212 valence electrons. The Bertz CT molecular complexity index is 1530. The number of urea groups is 1. The Morgan fingerprint density at radius 3 is 2.27 bits per heavy atom. The lowest BCUT2D eigenvalue weighted by Gasteiger charge is -2.30. The van der Waals surface area contributed by atoms with Crippen LogP contribution in [0.2, 0.25) is 0 Å². The zero-order valence-corrected chi connectivity index (χ0v) is 22.9. The number of hydrogen-bond acceptors (Lipinski definition) is 6. The summed E-state index contributed by atoms with van der Waals surface area (Å²) in [5.41, 5.74) is 6.59. The summed E-state index contributed by atoms with van der Waals surface area (Å²) in [5.74, 6) is -2.49. The maximum absolute atomic E-state index is 14.0. The van der Waals surface area contributed by atoms with Crippen molar-refractivity contribution >= 4 is 52.3 Å². The van der Waals surface area contributed by atoms with E-state index in [0.717, 1.165) is 0 Å². The third-order valence-corrected chi connectivity index (χ3v) is 6.51. The highest BCUT2D eigenvalue weighted by Crippen LogP contribution is 2.35. The average Bonchev–Trinajstić information content (AvgIpc) is 3.03. The number of carbonyl (C=O) groups is 5. The van der Waals surface area contributed by atoms with E-state index < -0.39 is 35.1 Å². The number of aromatic carboxylic acids is 1. The van der Waals surface area contributed by atoms with Gasteiger partial charge >= 0.3 is 12.0 Å². The largest absolute Gasteiger partial charge is 0.478 e. The highest BCUT2D eigenvalue weighted by atomic mass is 16.4. The second kappa shape index (κ2) is 11.5. The monoisotopic (exact) mass is 557 g/mol. The van der Waals surface area contributed by atoms with Gasteiger partial charge in [-0.25, -0.2) is 9.59 Å². The van der Waals surface area contributed by atoms with Crippen molar-refractivity contribution in [2.45, 2.75) is 26.8 Å². The molecule has 1 unspecified atom stereocenters. The summed E-state index contributed by atoms with van der Waals surface area (Å²) in [5, 5.41) is 14.4. The fourth-order valence-corrected chi connectivity index (χ4v) is 4.49. The normalized spacial score (nSPS) is 15.0. The van der Waals surface area contributed by atoms with Crippen LogP contribution in [0.1, 0.15) is 41.5 Å². The fourth-order valence-electron chi connectivity index (χ4n) is 4.49. The van der Waals surface area contributed by atoms with Gasteiger partial charge in [0.05, 0.1) is 30.0 Å². The second-order valence-corrected chi connectivity index (χ2v) is 10.6. The highest BCUT2D eigenvalue weighted by molar-refractivity contribution is 6.14. The SMILES string of the molecule is CC(C)(C)C(=O)N1CC(NC(=O)Nc2cccc(C(=O)O)c2)C(=O)N(CC(=O)c2ccccc2N)c2ccccc21. The number of amides is 4. The molecule has 5 N–H and O–H groups in total. The molecular weight excluding hydrogens is 526 g/mol. The summed E-state index contributed by atoms with van der Waals surface area (Å²) in [6.07, 6.45) is 0. The molecule has 4 rings (SSSR count). The summed E-state index contributed by atoms with van der Waals surface area (Å²) in [4.78, 5) is 68.0.